The van der Waals surface area contributed by atoms with Gasteiger partial charge in [-0.1, -0.05) is 37.5 Å². The molecule has 2 aliphatic rings. The van der Waals surface area contributed by atoms with Gasteiger partial charge >= 0.3 is 0 Å². The van der Waals surface area contributed by atoms with Crippen molar-refractivity contribution < 1.29 is 14.2 Å². The number of rotatable bonds is 8. The van der Waals surface area contributed by atoms with Crippen LogP contribution in [-0.4, -0.2) is 37.3 Å². The van der Waals surface area contributed by atoms with Gasteiger partial charge in [-0.3, -0.25) is 4.90 Å². The summed E-state index contributed by atoms with van der Waals surface area (Å²) in [6.45, 7) is 6.21. The van der Waals surface area contributed by atoms with E-state index >= 15 is 0 Å². The maximum atomic E-state index is 6.12. The zero-order valence-electron chi connectivity index (χ0n) is 20.0. The standard InChI is InChI=1S/C28H37NO3/c1-28(2)16-14-23-18-22(11-12-25(23)32-28)20-29(24-8-6-5-7-9-24)17-15-21-10-13-26(30-3)27(19-21)31-4/h10-14,16,18-19,24H,5-9,15,17,20H2,1-4H3. The molecule has 1 aliphatic carbocycles. The van der Waals surface area contributed by atoms with Crippen LogP contribution in [0, 0.1) is 0 Å². The molecule has 2 aromatic carbocycles. The molecule has 1 heterocycles. The largest absolute Gasteiger partial charge is 0.493 e. The predicted molar refractivity (Wildman–Crippen MR) is 131 cm³/mol. The molecular weight excluding hydrogens is 398 g/mol. The van der Waals surface area contributed by atoms with Crippen LogP contribution < -0.4 is 14.2 Å². The maximum Gasteiger partial charge on any atom is 0.160 e. The highest BCUT2D eigenvalue weighted by Crippen LogP contribution is 2.33. The summed E-state index contributed by atoms with van der Waals surface area (Å²) in [6.07, 6.45) is 12.0. The molecule has 0 unspecified atom stereocenters. The number of ether oxygens (including phenoxy) is 3. The van der Waals surface area contributed by atoms with E-state index in [0.717, 1.165) is 36.8 Å². The van der Waals surface area contributed by atoms with Gasteiger partial charge in [-0.05, 0) is 74.6 Å². The van der Waals surface area contributed by atoms with Crippen molar-refractivity contribution in [3.63, 3.8) is 0 Å². The third kappa shape index (κ3) is 5.47. The van der Waals surface area contributed by atoms with Crippen molar-refractivity contribution in [3.8, 4) is 17.2 Å². The van der Waals surface area contributed by atoms with Gasteiger partial charge in [0, 0.05) is 24.7 Å². The molecule has 4 rings (SSSR count). The minimum Gasteiger partial charge on any atom is -0.493 e. The molecule has 1 fully saturated rings. The molecule has 0 saturated heterocycles. The molecule has 0 bridgehead atoms. The van der Waals surface area contributed by atoms with Crippen LogP contribution >= 0.6 is 0 Å². The summed E-state index contributed by atoms with van der Waals surface area (Å²) in [7, 11) is 3.38. The molecule has 2 aromatic rings. The molecule has 0 amide bonds. The van der Waals surface area contributed by atoms with Gasteiger partial charge in [-0.25, -0.2) is 0 Å². The number of methoxy groups -OCH3 is 2. The third-order valence-corrected chi connectivity index (χ3v) is 6.72. The minimum absolute atomic E-state index is 0.234. The molecule has 32 heavy (non-hydrogen) atoms. The molecule has 4 nitrogen and oxygen atoms in total. The Kier molecular flexibility index (Phi) is 7.10. The summed E-state index contributed by atoms with van der Waals surface area (Å²) in [5.74, 6) is 2.57. The first-order chi connectivity index (χ1) is 15.5. The van der Waals surface area contributed by atoms with Gasteiger partial charge in [-0.2, -0.15) is 0 Å². The van der Waals surface area contributed by atoms with E-state index in [2.05, 4.69) is 61.2 Å². The van der Waals surface area contributed by atoms with Crippen LogP contribution in [0.2, 0.25) is 0 Å². The Morgan fingerprint density at radius 1 is 0.938 bits per heavy atom. The molecule has 0 radical (unpaired) electrons. The van der Waals surface area contributed by atoms with Crippen LogP contribution in [-0.2, 0) is 13.0 Å². The number of fused-ring (bicyclic) bond motifs is 1. The molecule has 1 aliphatic heterocycles. The zero-order valence-corrected chi connectivity index (χ0v) is 20.0. The van der Waals surface area contributed by atoms with Gasteiger partial charge in [0.2, 0.25) is 0 Å². The maximum absolute atomic E-state index is 6.12. The first kappa shape index (κ1) is 22.7. The van der Waals surface area contributed by atoms with E-state index in [4.69, 9.17) is 14.2 Å². The van der Waals surface area contributed by atoms with Gasteiger partial charge in [0.05, 0.1) is 14.2 Å². The van der Waals surface area contributed by atoms with Crippen LogP contribution in [0.5, 0.6) is 17.2 Å². The van der Waals surface area contributed by atoms with Crippen molar-refractivity contribution in [2.24, 2.45) is 0 Å². The van der Waals surface area contributed by atoms with Crippen molar-refractivity contribution in [1.82, 2.24) is 4.90 Å². The molecule has 0 atom stereocenters. The van der Waals surface area contributed by atoms with Gasteiger partial charge in [0.25, 0.3) is 0 Å². The van der Waals surface area contributed by atoms with E-state index in [0.29, 0.717) is 6.04 Å². The van der Waals surface area contributed by atoms with Gasteiger partial charge in [0.1, 0.15) is 11.4 Å². The van der Waals surface area contributed by atoms with E-state index in [9.17, 15) is 0 Å². The van der Waals surface area contributed by atoms with Crippen molar-refractivity contribution in [2.75, 3.05) is 20.8 Å². The highest BCUT2D eigenvalue weighted by atomic mass is 16.5. The van der Waals surface area contributed by atoms with Crippen LogP contribution in [0.4, 0.5) is 0 Å². The lowest BCUT2D eigenvalue weighted by Crippen LogP contribution is -2.37. The Morgan fingerprint density at radius 3 is 2.44 bits per heavy atom. The fraction of sp³-hybridized carbons (Fsp3) is 0.500. The third-order valence-electron chi connectivity index (χ3n) is 6.72. The average Bonchev–Trinajstić information content (AvgIpc) is 2.81. The van der Waals surface area contributed by atoms with Crippen molar-refractivity contribution in [1.29, 1.82) is 0 Å². The molecule has 0 aromatic heterocycles. The highest BCUT2D eigenvalue weighted by Gasteiger charge is 2.24. The molecule has 172 valence electrons. The Balaban J connectivity index is 1.49. The Labute approximate surface area is 193 Å². The molecule has 0 spiro atoms. The first-order valence-electron chi connectivity index (χ1n) is 11.9. The van der Waals surface area contributed by atoms with Crippen molar-refractivity contribution in [2.45, 2.75) is 70.6 Å². The summed E-state index contributed by atoms with van der Waals surface area (Å²) in [5.41, 5.74) is 3.59. The fourth-order valence-corrected chi connectivity index (χ4v) is 4.91. The summed E-state index contributed by atoms with van der Waals surface area (Å²) < 4.78 is 17.0. The topological polar surface area (TPSA) is 30.9 Å². The Hall–Kier alpha value is -2.46. The number of hydrogen-bond donors (Lipinski definition) is 0. The van der Waals surface area contributed by atoms with E-state index in [1.807, 2.05) is 6.07 Å². The summed E-state index contributed by atoms with van der Waals surface area (Å²) in [6, 6.07) is 13.6. The Bertz CT molecular complexity index is 944. The summed E-state index contributed by atoms with van der Waals surface area (Å²) in [5, 5.41) is 0. The van der Waals surface area contributed by atoms with Crippen molar-refractivity contribution >= 4 is 6.08 Å². The monoisotopic (exact) mass is 435 g/mol. The van der Waals surface area contributed by atoms with Crippen molar-refractivity contribution in [3.05, 3.63) is 59.2 Å². The van der Waals surface area contributed by atoms with E-state index in [1.54, 1.807) is 14.2 Å². The first-order valence-corrected chi connectivity index (χ1v) is 11.9. The Morgan fingerprint density at radius 2 is 1.69 bits per heavy atom. The molecular formula is C28H37NO3. The molecule has 4 heteroatoms. The van der Waals surface area contributed by atoms with Crippen LogP contribution in [0.25, 0.3) is 6.08 Å². The smallest absolute Gasteiger partial charge is 0.160 e. The second-order valence-corrected chi connectivity index (χ2v) is 9.61. The predicted octanol–water partition coefficient (Wildman–Crippen LogP) is 6.27. The lowest BCUT2D eigenvalue weighted by molar-refractivity contribution is 0.149. The van der Waals surface area contributed by atoms with Gasteiger partial charge < -0.3 is 14.2 Å². The normalized spacial score (nSPS) is 17.7. The van der Waals surface area contributed by atoms with Crippen LogP contribution in [0.1, 0.15) is 62.6 Å². The number of hydrogen-bond acceptors (Lipinski definition) is 4. The molecule has 0 N–H and O–H groups in total. The SMILES string of the molecule is COc1ccc(CCN(Cc2ccc3c(c2)C=CC(C)(C)O3)C2CCCCC2)cc1OC. The van der Waals surface area contributed by atoms with E-state index < -0.39 is 0 Å². The quantitative estimate of drug-likeness (QED) is 0.489. The lowest BCUT2D eigenvalue weighted by atomic mass is 9.93. The number of benzene rings is 2. The van der Waals surface area contributed by atoms with Crippen LogP contribution in [0.15, 0.2) is 42.5 Å². The van der Waals surface area contributed by atoms with Gasteiger partial charge in [-0.15, -0.1) is 0 Å². The summed E-state index contributed by atoms with van der Waals surface area (Å²) >= 11 is 0. The lowest BCUT2D eigenvalue weighted by Gasteiger charge is -2.35. The van der Waals surface area contributed by atoms with Gasteiger partial charge in [0.15, 0.2) is 11.5 Å². The van der Waals surface area contributed by atoms with Crippen LogP contribution in [0.3, 0.4) is 0 Å². The highest BCUT2D eigenvalue weighted by molar-refractivity contribution is 5.61. The average molecular weight is 436 g/mol. The second kappa shape index (κ2) is 9.99. The van der Waals surface area contributed by atoms with E-state index in [1.165, 1.54) is 48.8 Å². The fourth-order valence-electron chi connectivity index (χ4n) is 4.91. The summed E-state index contributed by atoms with van der Waals surface area (Å²) in [4.78, 5) is 2.69. The molecule has 1 saturated carbocycles. The minimum atomic E-state index is -0.234. The second-order valence-electron chi connectivity index (χ2n) is 9.61. The zero-order chi connectivity index (χ0) is 22.6. The number of nitrogens with zero attached hydrogens (tertiary/aromatic N) is 1. The van der Waals surface area contributed by atoms with E-state index in [-0.39, 0.29) is 5.60 Å².